The summed E-state index contributed by atoms with van der Waals surface area (Å²) in [5, 5.41) is 4.99. The first kappa shape index (κ1) is 15.7. The number of hydrogen-bond acceptors (Lipinski definition) is 6. The molecule has 2 aliphatic heterocycles. The summed E-state index contributed by atoms with van der Waals surface area (Å²) in [5.41, 5.74) is 0.733. The Hall–Kier alpha value is -2.81. The fourth-order valence-electron chi connectivity index (χ4n) is 2.79. The maximum Gasteiger partial charge on any atom is 0.325 e. The Kier molecular flexibility index (Phi) is 4.14. The molecule has 0 spiro atoms. The molecule has 0 atom stereocenters. The van der Waals surface area contributed by atoms with Crippen molar-refractivity contribution in [3.8, 4) is 11.5 Å². The zero-order valence-corrected chi connectivity index (χ0v) is 14.1. The number of nitrogens with one attached hydrogen (secondary N) is 1. The number of carbonyl (C=O) groups excluding carboxylic acids is 2. The molecule has 1 fully saturated rings. The number of anilines is 2. The van der Waals surface area contributed by atoms with Crippen molar-refractivity contribution in [3.05, 3.63) is 29.8 Å². The maximum absolute atomic E-state index is 12.6. The van der Waals surface area contributed by atoms with Crippen molar-refractivity contribution in [3.63, 3.8) is 0 Å². The topological polar surface area (TPSA) is 84.0 Å². The van der Waals surface area contributed by atoms with E-state index >= 15 is 0 Å². The Morgan fingerprint density at radius 3 is 2.88 bits per heavy atom. The van der Waals surface area contributed by atoms with E-state index in [0.29, 0.717) is 42.9 Å². The van der Waals surface area contributed by atoms with Crippen LogP contribution < -0.4 is 19.7 Å². The molecule has 2 aliphatic rings. The third kappa shape index (κ3) is 3.22. The molecule has 3 heterocycles. The minimum atomic E-state index is -0.257. The summed E-state index contributed by atoms with van der Waals surface area (Å²) in [6.07, 6.45) is 1.62. The van der Waals surface area contributed by atoms with Crippen LogP contribution in [0.2, 0.25) is 0 Å². The highest BCUT2D eigenvalue weighted by molar-refractivity contribution is 7.13. The summed E-state index contributed by atoms with van der Waals surface area (Å²) in [7, 11) is 0. The van der Waals surface area contributed by atoms with Gasteiger partial charge in [-0.15, -0.1) is 11.3 Å². The van der Waals surface area contributed by atoms with E-state index < -0.39 is 0 Å². The maximum atomic E-state index is 12.6. The number of aromatic nitrogens is 1. The van der Waals surface area contributed by atoms with E-state index in [1.807, 2.05) is 6.07 Å². The SMILES string of the molecule is O=C(CN1CCN(c2ccc3c(c2)OCCO3)C1=O)Nc1nccs1. The lowest BCUT2D eigenvalue weighted by atomic mass is 10.2. The predicted molar refractivity (Wildman–Crippen MR) is 92.5 cm³/mol. The van der Waals surface area contributed by atoms with Crippen LogP contribution in [0, 0.1) is 0 Å². The van der Waals surface area contributed by atoms with Gasteiger partial charge in [0.1, 0.15) is 19.8 Å². The molecule has 3 amide bonds. The van der Waals surface area contributed by atoms with Gasteiger partial charge < -0.3 is 19.7 Å². The molecule has 0 bridgehead atoms. The number of fused-ring (bicyclic) bond motifs is 1. The van der Waals surface area contributed by atoms with E-state index in [2.05, 4.69) is 10.3 Å². The average Bonchev–Trinajstić information content (AvgIpc) is 3.25. The quantitative estimate of drug-likeness (QED) is 0.899. The Balaban J connectivity index is 1.42. The highest BCUT2D eigenvalue weighted by Gasteiger charge is 2.31. The highest BCUT2D eigenvalue weighted by atomic mass is 32.1. The smallest absolute Gasteiger partial charge is 0.325 e. The van der Waals surface area contributed by atoms with Crippen molar-refractivity contribution in [2.75, 3.05) is 43.1 Å². The molecule has 0 unspecified atom stereocenters. The molecule has 130 valence electrons. The van der Waals surface area contributed by atoms with E-state index in [1.54, 1.807) is 28.6 Å². The molecule has 1 aromatic heterocycles. The van der Waals surface area contributed by atoms with Crippen molar-refractivity contribution in [2.45, 2.75) is 0 Å². The zero-order chi connectivity index (χ0) is 17.2. The van der Waals surface area contributed by atoms with Crippen LogP contribution in [-0.4, -0.2) is 54.7 Å². The predicted octanol–water partition coefficient (Wildman–Crippen LogP) is 1.79. The van der Waals surface area contributed by atoms with Crippen molar-refractivity contribution >= 4 is 34.1 Å². The van der Waals surface area contributed by atoms with Crippen molar-refractivity contribution < 1.29 is 19.1 Å². The average molecular weight is 360 g/mol. The molecule has 25 heavy (non-hydrogen) atoms. The molecular weight excluding hydrogens is 344 g/mol. The van der Waals surface area contributed by atoms with Gasteiger partial charge in [0.15, 0.2) is 16.6 Å². The van der Waals surface area contributed by atoms with E-state index in [9.17, 15) is 9.59 Å². The van der Waals surface area contributed by atoms with Crippen LogP contribution in [0.4, 0.5) is 15.6 Å². The number of rotatable bonds is 4. The fraction of sp³-hybridized carbons (Fsp3) is 0.312. The molecule has 2 aromatic rings. The first-order chi connectivity index (χ1) is 12.2. The summed E-state index contributed by atoms with van der Waals surface area (Å²) < 4.78 is 11.1. The highest BCUT2D eigenvalue weighted by Crippen LogP contribution is 2.34. The lowest BCUT2D eigenvalue weighted by Crippen LogP contribution is -2.37. The normalized spacial score (nSPS) is 16.2. The Morgan fingerprint density at radius 1 is 1.24 bits per heavy atom. The molecule has 0 aliphatic carbocycles. The van der Waals surface area contributed by atoms with E-state index in [4.69, 9.17) is 9.47 Å². The van der Waals surface area contributed by atoms with Gasteiger partial charge in [0.2, 0.25) is 5.91 Å². The number of amides is 3. The summed E-state index contributed by atoms with van der Waals surface area (Å²) in [6, 6.07) is 5.22. The first-order valence-electron chi connectivity index (χ1n) is 7.86. The Bertz CT molecular complexity index is 795. The molecule has 0 saturated carbocycles. The molecular formula is C16H16N4O4S. The van der Waals surface area contributed by atoms with Crippen LogP contribution >= 0.6 is 11.3 Å². The largest absolute Gasteiger partial charge is 0.486 e. The van der Waals surface area contributed by atoms with Gasteiger partial charge in [-0.2, -0.15) is 0 Å². The number of thiazole rings is 1. The lowest BCUT2D eigenvalue weighted by Gasteiger charge is -2.22. The Labute approximate surface area is 148 Å². The van der Waals surface area contributed by atoms with Crippen molar-refractivity contribution in [2.24, 2.45) is 0 Å². The van der Waals surface area contributed by atoms with Gasteiger partial charge in [-0.25, -0.2) is 9.78 Å². The van der Waals surface area contributed by atoms with E-state index in [-0.39, 0.29) is 18.5 Å². The molecule has 0 radical (unpaired) electrons. The van der Waals surface area contributed by atoms with Gasteiger partial charge in [-0.05, 0) is 12.1 Å². The van der Waals surface area contributed by atoms with Crippen molar-refractivity contribution in [1.82, 2.24) is 9.88 Å². The molecule has 9 heteroatoms. The molecule has 8 nitrogen and oxygen atoms in total. The van der Waals surface area contributed by atoms with Crippen LogP contribution in [-0.2, 0) is 4.79 Å². The number of carbonyl (C=O) groups is 2. The second kappa shape index (κ2) is 6.60. The lowest BCUT2D eigenvalue weighted by molar-refractivity contribution is -0.116. The summed E-state index contributed by atoms with van der Waals surface area (Å²) in [5.74, 6) is 1.06. The number of nitrogens with zero attached hydrogens (tertiary/aromatic N) is 3. The number of urea groups is 1. The van der Waals surface area contributed by atoms with Gasteiger partial charge in [-0.3, -0.25) is 9.69 Å². The van der Waals surface area contributed by atoms with Gasteiger partial charge in [0.25, 0.3) is 0 Å². The van der Waals surface area contributed by atoms with Gasteiger partial charge in [0.05, 0.1) is 0 Å². The Morgan fingerprint density at radius 2 is 2.08 bits per heavy atom. The summed E-state index contributed by atoms with van der Waals surface area (Å²) >= 11 is 1.34. The van der Waals surface area contributed by atoms with Crippen LogP contribution in [0.1, 0.15) is 0 Å². The fourth-order valence-corrected chi connectivity index (χ4v) is 3.33. The van der Waals surface area contributed by atoms with Crippen LogP contribution in [0.15, 0.2) is 29.8 Å². The minimum Gasteiger partial charge on any atom is -0.486 e. The van der Waals surface area contributed by atoms with Gasteiger partial charge in [0, 0.05) is 36.4 Å². The summed E-state index contributed by atoms with van der Waals surface area (Å²) in [6.45, 7) is 2.02. The minimum absolute atomic E-state index is 0.000531. The second-order valence-electron chi connectivity index (χ2n) is 5.57. The third-order valence-corrected chi connectivity index (χ3v) is 4.63. The monoisotopic (exact) mass is 360 g/mol. The number of ether oxygens (including phenoxy) is 2. The van der Waals surface area contributed by atoms with Crippen LogP contribution in [0.5, 0.6) is 11.5 Å². The second-order valence-corrected chi connectivity index (χ2v) is 6.46. The summed E-state index contributed by atoms with van der Waals surface area (Å²) in [4.78, 5) is 31.8. The van der Waals surface area contributed by atoms with Crippen molar-refractivity contribution in [1.29, 1.82) is 0 Å². The van der Waals surface area contributed by atoms with Gasteiger partial charge >= 0.3 is 6.03 Å². The third-order valence-electron chi connectivity index (χ3n) is 3.95. The molecule has 1 saturated heterocycles. The van der Waals surface area contributed by atoms with Crippen LogP contribution in [0.25, 0.3) is 0 Å². The first-order valence-corrected chi connectivity index (χ1v) is 8.74. The molecule has 1 N–H and O–H groups in total. The van der Waals surface area contributed by atoms with Crippen LogP contribution in [0.3, 0.4) is 0 Å². The molecule has 1 aromatic carbocycles. The van der Waals surface area contributed by atoms with E-state index in [1.165, 1.54) is 16.2 Å². The van der Waals surface area contributed by atoms with Gasteiger partial charge in [-0.1, -0.05) is 0 Å². The zero-order valence-electron chi connectivity index (χ0n) is 13.3. The number of benzene rings is 1. The molecule has 4 rings (SSSR count). The standard InChI is InChI=1S/C16H16N4O4S/c21-14(18-15-17-3-8-25-15)10-19-4-5-20(16(19)22)11-1-2-12-13(9-11)24-7-6-23-12/h1-3,8-9H,4-7,10H2,(H,17,18,21). The number of hydrogen-bond donors (Lipinski definition) is 1. The van der Waals surface area contributed by atoms with E-state index in [0.717, 1.165) is 5.69 Å².